The molecule has 0 aromatic carbocycles. The van der Waals surface area contributed by atoms with Crippen LogP contribution in [0.4, 0.5) is 0 Å². The molecule has 328 valence electrons. The van der Waals surface area contributed by atoms with E-state index in [1.165, 1.54) is 83.5 Å². The number of carbonyl (C=O) groups excluding carboxylic acids is 2. The van der Waals surface area contributed by atoms with Crippen LogP contribution in [0.1, 0.15) is 213 Å². The molecule has 0 aromatic rings. The number of nitrogens with one attached hydrogen (secondary N) is 1. The predicted molar refractivity (Wildman–Crippen MR) is 245 cm³/mol. The van der Waals surface area contributed by atoms with E-state index in [9.17, 15) is 19.8 Å². The van der Waals surface area contributed by atoms with Crippen LogP contribution in [-0.2, 0) is 14.3 Å². The fraction of sp³-hybridized carbons (Fsp3) is 0.725. The molecular formula is C51H89NO5. The van der Waals surface area contributed by atoms with Gasteiger partial charge in [-0.2, -0.15) is 0 Å². The molecule has 0 spiro atoms. The number of aliphatic hydroxyl groups excluding tert-OH is 2. The maximum absolute atomic E-state index is 13.1. The lowest BCUT2D eigenvalue weighted by Gasteiger charge is -2.24. The molecule has 0 saturated carbocycles. The van der Waals surface area contributed by atoms with Crippen LogP contribution in [0.15, 0.2) is 72.9 Å². The number of esters is 1. The largest absolute Gasteiger partial charge is 0.462 e. The molecule has 1 amide bonds. The van der Waals surface area contributed by atoms with Crippen molar-refractivity contribution < 1.29 is 24.5 Å². The normalized spacial score (nSPS) is 14.0. The molecule has 3 N–H and O–H groups in total. The predicted octanol–water partition coefficient (Wildman–Crippen LogP) is 13.8. The molecule has 0 radical (unpaired) electrons. The van der Waals surface area contributed by atoms with E-state index in [-0.39, 0.29) is 24.9 Å². The minimum absolute atomic E-state index is 0.0464. The van der Waals surface area contributed by atoms with Gasteiger partial charge in [-0.1, -0.05) is 203 Å². The number of carbonyl (C=O) groups is 2. The summed E-state index contributed by atoms with van der Waals surface area (Å²) in [5, 5.41) is 23.7. The summed E-state index contributed by atoms with van der Waals surface area (Å²) in [6.45, 7) is 6.28. The summed E-state index contributed by atoms with van der Waals surface area (Å²) >= 11 is 0. The van der Waals surface area contributed by atoms with E-state index in [1.807, 2.05) is 42.5 Å². The van der Waals surface area contributed by atoms with Crippen LogP contribution in [0.5, 0.6) is 0 Å². The van der Waals surface area contributed by atoms with E-state index < -0.39 is 18.2 Å². The zero-order chi connectivity index (χ0) is 41.7. The molecular weight excluding hydrogens is 707 g/mol. The van der Waals surface area contributed by atoms with Gasteiger partial charge in [0.1, 0.15) is 6.10 Å². The number of hydrogen-bond donors (Lipinski definition) is 3. The van der Waals surface area contributed by atoms with Crippen molar-refractivity contribution in [1.29, 1.82) is 0 Å². The summed E-state index contributed by atoms with van der Waals surface area (Å²) in [7, 11) is 0. The molecule has 0 bridgehead atoms. The Hall–Kier alpha value is -2.70. The van der Waals surface area contributed by atoms with Gasteiger partial charge in [0.25, 0.3) is 0 Å². The van der Waals surface area contributed by atoms with Crippen LogP contribution < -0.4 is 5.32 Å². The third kappa shape index (κ3) is 39.9. The average molecular weight is 796 g/mol. The monoisotopic (exact) mass is 796 g/mol. The number of unbranched alkanes of at least 4 members (excludes halogenated alkanes) is 21. The number of ether oxygens (including phenoxy) is 1. The molecule has 0 aliphatic rings. The zero-order valence-corrected chi connectivity index (χ0v) is 37.2. The van der Waals surface area contributed by atoms with Crippen molar-refractivity contribution in [3.05, 3.63) is 72.9 Å². The van der Waals surface area contributed by atoms with Crippen molar-refractivity contribution in [2.45, 2.75) is 232 Å². The second kappa shape index (κ2) is 44.4. The summed E-state index contributed by atoms with van der Waals surface area (Å²) in [6.07, 6.45) is 55.3. The van der Waals surface area contributed by atoms with E-state index in [0.29, 0.717) is 19.3 Å². The number of allylic oxidation sites excluding steroid dienone is 12. The Kier molecular flexibility index (Phi) is 42.3. The highest BCUT2D eigenvalue weighted by atomic mass is 16.5. The summed E-state index contributed by atoms with van der Waals surface area (Å²) in [6, 6.07) is -0.716. The number of aliphatic hydroxyl groups is 2. The lowest BCUT2D eigenvalue weighted by atomic mass is 10.0. The highest BCUT2D eigenvalue weighted by molar-refractivity contribution is 5.77. The topological polar surface area (TPSA) is 95.9 Å². The van der Waals surface area contributed by atoms with Crippen molar-refractivity contribution in [3.8, 4) is 0 Å². The quantitative estimate of drug-likeness (QED) is 0.0248. The van der Waals surface area contributed by atoms with Gasteiger partial charge in [-0.05, 0) is 70.6 Å². The van der Waals surface area contributed by atoms with Crippen molar-refractivity contribution >= 4 is 11.9 Å². The van der Waals surface area contributed by atoms with Crippen molar-refractivity contribution in [2.75, 3.05) is 6.61 Å². The third-order valence-electron chi connectivity index (χ3n) is 10.4. The minimum Gasteiger partial charge on any atom is -0.462 e. The van der Waals surface area contributed by atoms with Crippen molar-refractivity contribution in [2.24, 2.45) is 0 Å². The van der Waals surface area contributed by atoms with E-state index in [2.05, 4.69) is 56.5 Å². The van der Waals surface area contributed by atoms with E-state index in [1.54, 1.807) is 0 Å². The van der Waals surface area contributed by atoms with Gasteiger partial charge in [0.15, 0.2) is 0 Å². The van der Waals surface area contributed by atoms with Crippen LogP contribution in [0.3, 0.4) is 0 Å². The van der Waals surface area contributed by atoms with Crippen molar-refractivity contribution in [1.82, 2.24) is 5.32 Å². The number of rotatable bonds is 41. The summed E-state index contributed by atoms with van der Waals surface area (Å²) in [5.74, 6) is -0.545. The molecule has 6 nitrogen and oxygen atoms in total. The molecule has 3 unspecified atom stereocenters. The lowest BCUT2D eigenvalue weighted by molar-refractivity contribution is -0.151. The summed E-state index contributed by atoms with van der Waals surface area (Å²) in [4.78, 5) is 26.0. The van der Waals surface area contributed by atoms with Gasteiger partial charge in [-0.15, -0.1) is 0 Å². The lowest BCUT2D eigenvalue weighted by Crippen LogP contribution is -2.46. The van der Waals surface area contributed by atoms with E-state index in [4.69, 9.17) is 4.74 Å². The second-order valence-electron chi connectivity index (χ2n) is 15.9. The summed E-state index contributed by atoms with van der Waals surface area (Å²) < 4.78 is 5.87. The molecule has 0 aliphatic heterocycles. The Balaban J connectivity index is 4.64. The molecule has 57 heavy (non-hydrogen) atoms. The van der Waals surface area contributed by atoms with Gasteiger partial charge in [0.2, 0.25) is 5.91 Å². The molecule has 3 atom stereocenters. The first-order valence-electron chi connectivity index (χ1n) is 23.7. The van der Waals surface area contributed by atoms with Gasteiger partial charge >= 0.3 is 5.97 Å². The molecule has 0 aliphatic carbocycles. The first kappa shape index (κ1) is 54.3. The third-order valence-corrected chi connectivity index (χ3v) is 10.4. The molecule has 0 rings (SSSR count). The Morgan fingerprint density at radius 3 is 1.53 bits per heavy atom. The first-order valence-corrected chi connectivity index (χ1v) is 23.7. The Morgan fingerprint density at radius 1 is 0.526 bits per heavy atom. The highest BCUT2D eigenvalue weighted by Gasteiger charge is 2.24. The van der Waals surface area contributed by atoms with Gasteiger partial charge in [-0.25, -0.2) is 0 Å². The number of amides is 1. The Bertz CT molecular complexity index is 1070. The fourth-order valence-corrected chi connectivity index (χ4v) is 6.80. The van der Waals surface area contributed by atoms with Crippen molar-refractivity contribution in [3.63, 3.8) is 0 Å². The van der Waals surface area contributed by atoms with Crippen LogP contribution >= 0.6 is 0 Å². The maximum Gasteiger partial charge on any atom is 0.306 e. The van der Waals surface area contributed by atoms with Gasteiger partial charge < -0.3 is 20.3 Å². The van der Waals surface area contributed by atoms with Gasteiger partial charge in [0.05, 0.1) is 25.2 Å². The standard InChI is InChI=1S/C51H89NO5/c1-4-7-10-13-16-19-22-24-25-27-29-32-35-38-41-44-51(56)57-47(42-39-36-33-30-21-18-15-12-9-6-3)45-50(55)52-48(46-53)49(54)43-40-37-34-31-28-26-23-20-17-14-11-8-5-2/h7,10,13,16,18-19,21-22,24-25,27,29,47-49,53-54H,4-6,8-9,11-12,14-15,17,20,23,26,28,30-46H2,1-3H3,(H,52,55)/b10-7+,16-13+,21-18-,22-19-,25-24-,29-27+. The van der Waals surface area contributed by atoms with E-state index in [0.717, 1.165) is 83.5 Å². The Morgan fingerprint density at radius 2 is 0.965 bits per heavy atom. The molecule has 6 heteroatoms. The Labute approximate surface area is 351 Å². The summed E-state index contributed by atoms with van der Waals surface area (Å²) in [5.41, 5.74) is 0. The molecule has 0 saturated heterocycles. The SMILES string of the molecule is CC/C=C/C=C/C=C\C=C/C=C/CCCCCC(=O)OC(CCCCC/C=C\CCCCC)CC(=O)NC(CO)C(O)CCCCCCCCCCCCCCC. The van der Waals surface area contributed by atoms with Crippen LogP contribution in [0, 0.1) is 0 Å². The molecule has 0 heterocycles. The maximum atomic E-state index is 13.1. The highest BCUT2D eigenvalue weighted by Crippen LogP contribution is 2.17. The minimum atomic E-state index is -0.800. The zero-order valence-electron chi connectivity index (χ0n) is 37.2. The second-order valence-corrected chi connectivity index (χ2v) is 15.9. The first-order chi connectivity index (χ1) is 28.0. The van der Waals surface area contributed by atoms with Crippen LogP contribution in [0.25, 0.3) is 0 Å². The molecule has 0 aromatic heterocycles. The molecule has 0 fully saturated rings. The van der Waals surface area contributed by atoms with Gasteiger partial charge in [0, 0.05) is 6.42 Å². The van der Waals surface area contributed by atoms with Crippen LogP contribution in [-0.4, -0.2) is 46.9 Å². The average Bonchev–Trinajstić information content (AvgIpc) is 3.20. The number of hydrogen-bond acceptors (Lipinski definition) is 5. The van der Waals surface area contributed by atoms with Gasteiger partial charge in [-0.3, -0.25) is 9.59 Å². The fourth-order valence-electron chi connectivity index (χ4n) is 6.80. The van der Waals surface area contributed by atoms with E-state index >= 15 is 0 Å². The van der Waals surface area contributed by atoms with Crippen LogP contribution in [0.2, 0.25) is 0 Å². The smallest absolute Gasteiger partial charge is 0.306 e.